The minimum atomic E-state index is -0.836. The fourth-order valence-corrected chi connectivity index (χ4v) is 2.67. The number of ether oxygens (including phenoxy) is 1. The Labute approximate surface area is 98.3 Å². The molecule has 0 aromatic carbocycles. The van der Waals surface area contributed by atoms with Crippen molar-refractivity contribution in [1.82, 2.24) is 4.98 Å². The molecule has 0 atom stereocenters. The summed E-state index contributed by atoms with van der Waals surface area (Å²) in [4.78, 5) is 15.9. The predicted molar refractivity (Wildman–Crippen MR) is 61.2 cm³/mol. The third-order valence-corrected chi connectivity index (χ3v) is 3.71. The number of carboxylic acid groups (broad SMARTS) is 1. The Morgan fingerprint density at radius 3 is 2.94 bits per heavy atom. The summed E-state index contributed by atoms with van der Waals surface area (Å²) in [6.07, 6.45) is 3.88. The maximum atomic E-state index is 11.0. The van der Waals surface area contributed by atoms with Gasteiger partial charge in [0.1, 0.15) is 4.88 Å². The molecule has 0 amide bonds. The van der Waals surface area contributed by atoms with Crippen molar-refractivity contribution >= 4 is 17.3 Å². The summed E-state index contributed by atoms with van der Waals surface area (Å²) in [5.74, 6) is -0.434. The molecule has 0 radical (unpaired) electrons. The van der Waals surface area contributed by atoms with Gasteiger partial charge in [0, 0.05) is 26.1 Å². The zero-order chi connectivity index (χ0) is 11.5. The van der Waals surface area contributed by atoms with Gasteiger partial charge in [-0.15, -0.1) is 11.3 Å². The van der Waals surface area contributed by atoms with Gasteiger partial charge in [-0.1, -0.05) is 0 Å². The van der Waals surface area contributed by atoms with Crippen molar-refractivity contribution in [3.05, 3.63) is 15.6 Å². The number of carbonyl (C=O) groups is 1. The normalized spacial score (nSPS) is 15.3. The standard InChI is InChI=1S/C11H15NO3S/c1-15-6-2-3-8-12-9(7-4-5-7)10(16-8)11(13)14/h7H,2-6H2,1H3,(H,13,14). The quantitative estimate of drug-likeness (QED) is 0.776. The Balaban J connectivity index is 2.08. The lowest BCUT2D eigenvalue weighted by Crippen LogP contribution is -1.97. The number of aromatic nitrogens is 1. The molecule has 0 unspecified atom stereocenters. The van der Waals surface area contributed by atoms with E-state index in [1.54, 1.807) is 7.11 Å². The van der Waals surface area contributed by atoms with Gasteiger partial charge in [-0.05, 0) is 19.3 Å². The highest BCUT2D eigenvalue weighted by Gasteiger charge is 2.31. The fourth-order valence-electron chi connectivity index (χ4n) is 1.64. The van der Waals surface area contributed by atoms with Gasteiger partial charge >= 0.3 is 5.97 Å². The lowest BCUT2D eigenvalue weighted by atomic mass is 10.2. The van der Waals surface area contributed by atoms with Crippen molar-refractivity contribution in [2.75, 3.05) is 13.7 Å². The number of hydrogen-bond acceptors (Lipinski definition) is 4. The molecule has 4 nitrogen and oxygen atoms in total. The highest BCUT2D eigenvalue weighted by Crippen LogP contribution is 2.42. The third-order valence-electron chi connectivity index (χ3n) is 2.60. The lowest BCUT2D eigenvalue weighted by molar-refractivity contribution is 0.0700. The SMILES string of the molecule is COCCCc1nc(C2CC2)c(C(=O)O)s1. The van der Waals surface area contributed by atoms with E-state index in [0.29, 0.717) is 17.4 Å². The maximum Gasteiger partial charge on any atom is 0.347 e. The van der Waals surface area contributed by atoms with Crippen LogP contribution in [-0.4, -0.2) is 29.8 Å². The van der Waals surface area contributed by atoms with Crippen LogP contribution < -0.4 is 0 Å². The van der Waals surface area contributed by atoms with Gasteiger partial charge < -0.3 is 9.84 Å². The van der Waals surface area contributed by atoms with E-state index in [1.165, 1.54) is 11.3 Å². The van der Waals surface area contributed by atoms with Crippen LogP contribution in [-0.2, 0) is 11.2 Å². The fraction of sp³-hybridized carbons (Fsp3) is 0.636. The monoisotopic (exact) mass is 241 g/mol. The Kier molecular flexibility index (Phi) is 3.56. The van der Waals surface area contributed by atoms with Crippen LogP contribution in [0.1, 0.15) is 45.6 Å². The molecule has 1 N–H and O–H groups in total. The number of thiazole rings is 1. The minimum Gasteiger partial charge on any atom is -0.477 e. The molecule has 1 aliphatic carbocycles. The predicted octanol–water partition coefficient (Wildman–Crippen LogP) is 2.30. The van der Waals surface area contributed by atoms with E-state index in [2.05, 4.69) is 4.98 Å². The molecule has 0 spiro atoms. The molecule has 1 aromatic rings. The zero-order valence-corrected chi connectivity index (χ0v) is 10.0. The summed E-state index contributed by atoms with van der Waals surface area (Å²) < 4.78 is 4.97. The molecule has 88 valence electrons. The van der Waals surface area contributed by atoms with Gasteiger partial charge in [0.2, 0.25) is 0 Å². The van der Waals surface area contributed by atoms with Gasteiger partial charge in [0.15, 0.2) is 0 Å². The first-order chi connectivity index (χ1) is 7.72. The first-order valence-corrected chi connectivity index (χ1v) is 6.26. The summed E-state index contributed by atoms with van der Waals surface area (Å²) in [7, 11) is 1.67. The molecule has 1 aromatic heterocycles. The minimum absolute atomic E-state index is 0.401. The highest BCUT2D eigenvalue weighted by atomic mass is 32.1. The third kappa shape index (κ3) is 2.59. The van der Waals surface area contributed by atoms with Crippen LogP contribution in [0.15, 0.2) is 0 Å². The molecule has 2 rings (SSSR count). The molecular formula is C11H15NO3S. The van der Waals surface area contributed by atoms with Gasteiger partial charge in [-0.25, -0.2) is 9.78 Å². The molecule has 1 heterocycles. The van der Waals surface area contributed by atoms with Gasteiger partial charge in [-0.3, -0.25) is 0 Å². The maximum absolute atomic E-state index is 11.0. The van der Waals surface area contributed by atoms with Crippen molar-refractivity contribution in [1.29, 1.82) is 0 Å². The summed E-state index contributed by atoms with van der Waals surface area (Å²) in [5.41, 5.74) is 0.810. The van der Waals surface area contributed by atoms with Crippen LogP contribution in [0, 0.1) is 0 Å². The summed E-state index contributed by atoms with van der Waals surface area (Å²) in [6, 6.07) is 0. The van der Waals surface area contributed by atoms with Gasteiger partial charge in [0.05, 0.1) is 10.7 Å². The number of nitrogens with zero attached hydrogens (tertiary/aromatic N) is 1. The van der Waals surface area contributed by atoms with Gasteiger partial charge in [-0.2, -0.15) is 0 Å². The molecule has 1 fully saturated rings. The molecule has 1 saturated carbocycles. The van der Waals surface area contributed by atoms with Crippen LogP contribution in [0.5, 0.6) is 0 Å². The van der Waals surface area contributed by atoms with E-state index in [9.17, 15) is 4.79 Å². The first-order valence-electron chi connectivity index (χ1n) is 5.44. The molecule has 1 aliphatic rings. The van der Waals surface area contributed by atoms with Crippen LogP contribution in [0.2, 0.25) is 0 Å². The number of aryl methyl sites for hydroxylation is 1. The van der Waals surface area contributed by atoms with Crippen molar-refractivity contribution in [2.45, 2.75) is 31.6 Å². The topological polar surface area (TPSA) is 59.4 Å². The number of rotatable bonds is 6. The van der Waals surface area contributed by atoms with E-state index in [1.807, 2.05) is 0 Å². The van der Waals surface area contributed by atoms with Crippen molar-refractivity contribution in [3.63, 3.8) is 0 Å². The van der Waals surface area contributed by atoms with Crippen molar-refractivity contribution in [3.8, 4) is 0 Å². The number of carboxylic acids is 1. The van der Waals surface area contributed by atoms with Crippen LogP contribution in [0.25, 0.3) is 0 Å². The smallest absolute Gasteiger partial charge is 0.347 e. The molecule has 0 aliphatic heterocycles. The molecule has 0 saturated heterocycles. The van der Waals surface area contributed by atoms with Crippen LogP contribution in [0.4, 0.5) is 0 Å². The average molecular weight is 241 g/mol. The second kappa shape index (κ2) is 4.93. The second-order valence-corrected chi connectivity index (χ2v) is 5.08. The molecular weight excluding hydrogens is 226 g/mol. The van der Waals surface area contributed by atoms with Gasteiger partial charge in [0.25, 0.3) is 0 Å². The summed E-state index contributed by atoms with van der Waals surface area (Å²) in [5, 5.41) is 10.0. The second-order valence-electron chi connectivity index (χ2n) is 4.00. The van der Waals surface area contributed by atoms with Crippen molar-refractivity contribution < 1.29 is 14.6 Å². The van der Waals surface area contributed by atoms with Crippen LogP contribution >= 0.6 is 11.3 Å². The zero-order valence-electron chi connectivity index (χ0n) is 9.23. The highest BCUT2D eigenvalue weighted by molar-refractivity contribution is 7.13. The van der Waals surface area contributed by atoms with E-state index in [-0.39, 0.29) is 0 Å². The lowest BCUT2D eigenvalue weighted by Gasteiger charge is -1.94. The van der Waals surface area contributed by atoms with E-state index in [0.717, 1.165) is 36.4 Å². The van der Waals surface area contributed by atoms with Crippen LogP contribution in [0.3, 0.4) is 0 Å². The Morgan fingerprint density at radius 1 is 1.62 bits per heavy atom. The average Bonchev–Trinajstić information content (AvgIpc) is 3.00. The van der Waals surface area contributed by atoms with E-state index < -0.39 is 5.97 Å². The number of hydrogen-bond donors (Lipinski definition) is 1. The molecule has 5 heteroatoms. The number of aromatic carboxylic acids is 1. The Morgan fingerprint density at radius 2 is 2.38 bits per heavy atom. The van der Waals surface area contributed by atoms with E-state index >= 15 is 0 Å². The van der Waals surface area contributed by atoms with E-state index in [4.69, 9.17) is 9.84 Å². The summed E-state index contributed by atoms with van der Waals surface area (Å²) >= 11 is 1.32. The first kappa shape index (κ1) is 11.5. The number of methoxy groups -OCH3 is 1. The Hall–Kier alpha value is -0.940. The summed E-state index contributed by atoms with van der Waals surface area (Å²) in [6.45, 7) is 0.695. The van der Waals surface area contributed by atoms with Crippen molar-refractivity contribution in [2.24, 2.45) is 0 Å². The largest absolute Gasteiger partial charge is 0.477 e. The molecule has 0 bridgehead atoms. The Bertz CT molecular complexity index is 385. The molecule has 16 heavy (non-hydrogen) atoms.